The van der Waals surface area contributed by atoms with Crippen molar-refractivity contribution in [3.8, 4) is 5.75 Å². The zero-order valence-corrected chi connectivity index (χ0v) is 21.5. The van der Waals surface area contributed by atoms with Gasteiger partial charge in [0.2, 0.25) is 0 Å². The van der Waals surface area contributed by atoms with Gasteiger partial charge in [-0.05, 0) is 71.0 Å². The van der Waals surface area contributed by atoms with Crippen LogP contribution in [0.25, 0.3) is 0 Å². The highest BCUT2D eigenvalue weighted by molar-refractivity contribution is 7.92. The molecule has 2 aromatic rings. The first kappa shape index (κ1) is 27.6. The van der Waals surface area contributed by atoms with Crippen molar-refractivity contribution in [2.75, 3.05) is 16.2 Å². The zero-order valence-electron chi connectivity index (χ0n) is 20.6. The van der Waals surface area contributed by atoms with Gasteiger partial charge in [-0.2, -0.15) is 13.2 Å². The van der Waals surface area contributed by atoms with Gasteiger partial charge in [0.05, 0.1) is 22.7 Å². The fourth-order valence-electron chi connectivity index (χ4n) is 3.69. The third kappa shape index (κ3) is 6.82. The highest BCUT2D eigenvalue weighted by Gasteiger charge is 2.38. The Bertz CT molecular complexity index is 1230. The number of alkyl halides is 3. The van der Waals surface area contributed by atoms with Gasteiger partial charge in [0, 0.05) is 17.6 Å². The third-order valence-electron chi connectivity index (χ3n) is 5.04. The highest BCUT2D eigenvalue weighted by atomic mass is 32.2. The van der Waals surface area contributed by atoms with E-state index in [2.05, 4.69) is 5.32 Å². The Morgan fingerprint density at radius 2 is 1.81 bits per heavy atom. The molecule has 0 aliphatic carbocycles. The predicted octanol–water partition coefficient (Wildman–Crippen LogP) is 5.14. The van der Waals surface area contributed by atoms with Crippen LogP contribution < -0.4 is 20.1 Å². The molecule has 0 aromatic heterocycles. The molecule has 1 aliphatic heterocycles. The molecule has 0 bridgehead atoms. The Labute approximate surface area is 208 Å². The van der Waals surface area contributed by atoms with Gasteiger partial charge in [-0.1, -0.05) is 6.07 Å². The molecule has 8 nitrogen and oxygen atoms in total. The van der Waals surface area contributed by atoms with Gasteiger partial charge in [0.25, 0.3) is 10.0 Å². The van der Waals surface area contributed by atoms with Crippen molar-refractivity contribution >= 4 is 27.5 Å². The van der Waals surface area contributed by atoms with Crippen LogP contribution in [0.1, 0.15) is 46.6 Å². The topological polar surface area (TPSA) is 111 Å². The van der Waals surface area contributed by atoms with Gasteiger partial charge in [-0.15, -0.1) is 0 Å². The van der Waals surface area contributed by atoms with E-state index in [1.54, 1.807) is 34.6 Å². The summed E-state index contributed by atoms with van der Waals surface area (Å²) in [6.45, 7) is 8.39. The Hall–Kier alpha value is -2.99. The molecular formula is C24H30F3N3O5S. The molecule has 36 heavy (non-hydrogen) atoms. The number of hydrogen-bond donors (Lipinski definition) is 2. The number of carbonyl (C=O) groups excluding carboxylic acids is 1. The van der Waals surface area contributed by atoms with Gasteiger partial charge in [0.15, 0.2) is 0 Å². The lowest BCUT2D eigenvalue weighted by atomic mass is 9.97. The van der Waals surface area contributed by atoms with E-state index in [4.69, 9.17) is 15.2 Å². The maximum atomic E-state index is 13.6. The van der Waals surface area contributed by atoms with Crippen molar-refractivity contribution in [1.29, 1.82) is 0 Å². The number of anilines is 2. The molecule has 3 N–H and O–H groups in total. The minimum atomic E-state index is -4.72. The van der Waals surface area contributed by atoms with Crippen LogP contribution in [0.5, 0.6) is 5.75 Å². The number of rotatable bonds is 5. The number of ether oxygens (including phenoxy) is 2. The number of nitrogens with zero attached hydrogens (tertiary/aromatic N) is 1. The van der Waals surface area contributed by atoms with Gasteiger partial charge >= 0.3 is 12.3 Å². The lowest BCUT2D eigenvalue weighted by Crippen LogP contribution is -2.48. The second-order valence-corrected chi connectivity index (χ2v) is 12.2. The van der Waals surface area contributed by atoms with Crippen molar-refractivity contribution in [2.45, 2.75) is 69.4 Å². The zero-order chi connectivity index (χ0) is 27.1. The molecule has 198 valence electrons. The second-order valence-electron chi connectivity index (χ2n) is 10.3. The number of sulfonamides is 1. The number of nitrogens with one attached hydrogen (secondary N) is 1. The lowest BCUT2D eigenvalue weighted by Gasteiger charge is -2.38. The molecule has 0 spiro atoms. The fourth-order valence-corrected chi connectivity index (χ4v) is 5.24. The second kappa shape index (κ2) is 9.47. The van der Waals surface area contributed by atoms with Crippen molar-refractivity contribution in [3.63, 3.8) is 0 Å². The first-order valence-corrected chi connectivity index (χ1v) is 12.6. The number of benzene rings is 2. The molecule has 0 saturated carbocycles. The Morgan fingerprint density at radius 1 is 1.14 bits per heavy atom. The average Bonchev–Trinajstić information content (AvgIpc) is 2.70. The van der Waals surface area contributed by atoms with Crippen LogP contribution in [0.15, 0.2) is 47.4 Å². The number of halogens is 3. The summed E-state index contributed by atoms with van der Waals surface area (Å²) in [5.41, 5.74) is 3.84. The summed E-state index contributed by atoms with van der Waals surface area (Å²) in [5.74, 6) is 0.181. The Kier molecular flexibility index (Phi) is 7.26. The Balaban J connectivity index is 2.05. The Morgan fingerprint density at radius 3 is 2.39 bits per heavy atom. The molecule has 1 heterocycles. The van der Waals surface area contributed by atoms with Crippen LogP contribution in [-0.4, -0.2) is 38.3 Å². The number of nitrogens with two attached hydrogens (primary N) is 1. The van der Waals surface area contributed by atoms with Crippen LogP contribution in [0.3, 0.4) is 0 Å². The minimum absolute atomic E-state index is 0.0621. The number of amides is 1. The van der Waals surface area contributed by atoms with E-state index < -0.39 is 50.0 Å². The number of carbonyl (C=O) groups is 1. The van der Waals surface area contributed by atoms with Gasteiger partial charge in [0.1, 0.15) is 17.5 Å². The highest BCUT2D eigenvalue weighted by Crippen LogP contribution is 2.41. The predicted molar refractivity (Wildman–Crippen MR) is 130 cm³/mol. The molecule has 12 heteroatoms. The average molecular weight is 530 g/mol. The van der Waals surface area contributed by atoms with Gasteiger partial charge < -0.3 is 15.2 Å². The first-order chi connectivity index (χ1) is 16.3. The molecule has 0 unspecified atom stereocenters. The third-order valence-corrected chi connectivity index (χ3v) is 6.81. The molecule has 0 radical (unpaired) electrons. The lowest BCUT2D eigenvalue weighted by molar-refractivity contribution is -0.137. The summed E-state index contributed by atoms with van der Waals surface area (Å²) in [6.07, 6.45) is -5.86. The minimum Gasteiger partial charge on any atom is -0.486 e. The van der Waals surface area contributed by atoms with E-state index in [9.17, 15) is 26.4 Å². The number of hydrogen-bond acceptors (Lipinski definition) is 6. The van der Waals surface area contributed by atoms with E-state index in [1.165, 1.54) is 18.2 Å². The van der Waals surface area contributed by atoms with E-state index >= 15 is 0 Å². The maximum Gasteiger partial charge on any atom is 0.416 e. The molecule has 1 amide bonds. The molecule has 0 fully saturated rings. The van der Waals surface area contributed by atoms with E-state index in [0.717, 1.165) is 22.5 Å². The summed E-state index contributed by atoms with van der Waals surface area (Å²) in [7, 11) is -4.45. The molecule has 0 saturated heterocycles. The van der Waals surface area contributed by atoms with E-state index in [1.807, 2.05) is 0 Å². The number of fused-ring (bicyclic) bond motifs is 1. The van der Waals surface area contributed by atoms with E-state index in [-0.39, 0.29) is 30.1 Å². The van der Waals surface area contributed by atoms with Crippen molar-refractivity contribution in [3.05, 3.63) is 48.0 Å². The van der Waals surface area contributed by atoms with Crippen molar-refractivity contribution < 1.29 is 35.9 Å². The summed E-state index contributed by atoms with van der Waals surface area (Å²) in [4.78, 5) is 11.7. The van der Waals surface area contributed by atoms with Crippen LogP contribution in [0.2, 0.25) is 0 Å². The standard InChI is InChI=1S/C24H30F3N3O5S/c1-22(2,3)35-21(31)29-16-9-10-20-19(12-16)30(14-17(34-20)13-23(4,5)28)36(32,33)18-8-6-7-15(11-18)24(25,26)27/h6-12,17H,13-14,28H2,1-5H3,(H,29,31)/t17-/m0/s1. The monoisotopic (exact) mass is 529 g/mol. The van der Waals surface area contributed by atoms with Gasteiger partial charge in [-0.25, -0.2) is 13.2 Å². The van der Waals surface area contributed by atoms with Crippen LogP contribution >= 0.6 is 0 Å². The van der Waals surface area contributed by atoms with Crippen molar-refractivity contribution in [1.82, 2.24) is 0 Å². The first-order valence-electron chi connectivity index (χ1n) is 11.1. The van der Waals surface area contributed by atoms with Crippen LogP contribution in [0, 0.1) is 0 Å². The molecule has 2 aromatic carbocycles. The smallest absolute Gasteiger partial charge is 0.416 e. The van der Waals surface area contributed by atoms with Crippen LogP contribution in [-0.2, 0) is 20.9 Å². The van der Waals surface area contributed by atoms with E-state index in [0.29, 0.717) is 6.07 Å². The normalized spacial score (nSPS) is 16.7. The van der Waals surface area contributed by atoms with Crippen LogP contribution in [0.4, 0.5) is 29.3 Å². The SMILES string of the molecule is CC(C)(N)C[C@H]1CN(S(=O)(=O)c2cccc(C(F)(F)F)c2)c2cc(NC(=O)OC(C)(C)C)ccc2O1. The largest absolute Gasteiger partial charge is 0.486 e. The summed E-state index contributed by atoms with van der Waals surface area (Å²) >= 11 is 0. The molecule has 1 atom stereocenters. The summed E-state index contributed by atoms with van der Waals surface area (Å²) in [6, 6.07) is 7.89. The van der Waals surface area contributed by atoms with Crippen molar-refractivity contribution in [2.24, 2.45) is 5.73 Å². The summed E-state index contributed by atoms with van der Waals surface area (Å²) < 4.78 is 79.3. The summed E-state index contributed by atoms with van der Waals surface area (Å²) in [5, 5.41) is 2.53. The fraction of sp³-hybridized carbons (Fsp3) is 0.458. The molecule has 3 rings (SSSR count). The van der Waals surface area contributed by atoms with Gasteiger partial charge in [-0.3, -0.25) is 9.62 Å². The quantitative estimate of drug-likeness (QED) is 0.555. The maximum absolute atomic E-state index is 13.6. The molecular weight excluding hydrogens is 499 g/mol. The molecule has 1 aliphatic rings.